The summed E-state index contributed by atoms with van der Waals surface area (Å²) in [6.45, 7) is 0.672. The van der Waals surface area contributed by atoms with Gasteiger partial charge in [0.05, 0.1) is 19.3 Å². The molecule has 138 valence electrons. The van der Waals surface area contributed by atoms with Crippen LogP contribution in [0.1, 0.15) is 24.6 Å². The van der Waals surface area contributed by atoms with Crippen LogP contribution >= 0.6 is 20.2 Å². The molecule has 0 amide bonds. The molecular formula is C16H16ClN2O6P. The number of hydrogen-bond donors (Lipinski definition) is 1. The SMILES string of the molecule is O=c1ccn(C2CCC(COP3OCc4cc(Cl)ccc4O3)O2)c(=O)[nH]1. The molecule has 4 rings (SSSR count). The molecule has 1 aromatic carbocycles. The van der Waals surface area contributed by atoms with Gasteiger partial charge >= 0.3 is 14.3 Å². The van der Waals surface area contributed by atoms with Crippen molar-refractivity contribution < 1.29 is 18.3 Å². The van der Waals surface area contributed by atoms with Crippen molar-refractivity contribution in [2.24, 2.45) is 0 Å². The van der Waals surface area contributed by atoms with Crippen LogP contribution in [-0.4, -0.2) is 22.3 Å². The van der Waals surface area contributed by atoms with Crippen molar-refractivity contribution in [1.29, 1.82) is 0 Å². The van der Waals surface area contributed by atoms with E-state index < -0.39 is 26.1 Å². The van der Waals surface area contributed by atoms with Gasteiger partial charge in [0.25, 0.3) is 5.56 Å². The molecule has 2 aliphatic rings. The van der Waals surface area contributed by atoms with E-state index in [1.54, 1.807) is 18.2 Å². The van der Waals surface area contributed by atoms with Gasteiger partial charge in [-0.1, -0.05) is 11.6 Å². The number of hydrogen-bond acceptors (Lipinski definition) is 6. The lowest BCUT2D eigenvalue weighted by molar-refractivity contribution is -0.0229. The van der Waals surface area contributed by atoms with Crippen LogP contribution in [0.15, 0.2) is 40.1 Å². The summed E-state index contributed by atoms with van der Waals surface area (Å²) in [5.74, 6) is 0.705. The quantitative estimate of drug-likeness (QED) is 0.796. The number of nitrogens with one attached hydrogen (secondary N) is 1. The topological polar surface area (TPSA) is 91.8 Å². The Balaban J connectivity index is 1.32. The first kappa shape index (κ1) is 17.7. The van der Waals surface area contributed by atoms with E-state index in [4.69, 9.17) is 29.9 Å². The standard InChI is InChI=1S/C16H16ClN2O6P/c17-11-1-3-13-10(7-11)8-22-26(25-13)23-9-12-2-4-15(24-12)19-6-5-14(20)18-16(19)21/h1,3,5-7,12,15H,2,4,8-9H2,(H,18,20,21). The summed E-state index contributed by atoms with van der Waals surface area (Å²) in [5, 5.41) is 0.631. The van der Waals surface area contributed by atoms with Gasteiger partial charge in [-0.3, -0.25) is 23.4 Å². The molecule has 1 aromatic heterocycles. The summed E-state index contributed by atoms with van der Waals surface area (Å²) in [6, 6.07) is 6.65. The predicted molar refractivity (Wildman–Crippen MR) is 94.2 cm³/mol. The molecule has 0 aliphatic carbocycles. The van der Waals surface area contributed by atoms with Gasteiger partial charge in [0, 0.05) is 22.8 Å². The zero-order chi connectivity index (χ0) is 18.1. The minimum atomic E-state index is -1.50. The normalized spacial score (nSPS) is 24.9. The fourth-order valence-electron chi connectivity index (χ4n) is 2.85. The van der Waals surface area contributed by atoms with Crippen molar-refractivity contribution in [2.75, 3.05) is 6.61 Å². The maximum absolute atomic E-state index is 11.8. The largest absolute Gasteiger partial charge is 0.426 e. The molecule has 3 atom stereocenters. The van der Waals surface area contributed by atoms with E-state index in [9.17, 15) is 9.59 Å². The highest BCUT2D eigenvalue weighted by molar-refractivity contribution is 7.42. The van der Waals surface area contributed by atoms with E-state index in [2.05, 4.69) is 4.98 Å². The van der Waals surface area contributed by atoms with Crippen LogP contribution in [-0.2, 0) is 20.4 Å². The Morgan fingerprint density at radius 1 is 1.31 bits per heavy atom. The van der Waals surface area contributed by atoms with Crippen LogP contribution in [0.25, 0.3) is 0 Å². The zero-order valence-corrected chi connectivity index (χ0v) is 15.2. The molecule has 1 N–H and O–H groups in total. The van der Waals surface area contributed by atoms with Crippen LogP contribution in [0, 0.1) is 0 Å². The highest BCUT2D eigenvalue weighted by atomic mass is 35.5. The van der Waals surface area contributed by atoms with Crippen LogP contribution < -0.4 is 15.8 Å². The third-order valence-electron chi connectivity index (χ3n) is 4.13. The minimum Gasteiger partial charge on any atom is -0.426 e. The number of halogens is 1. The van der Waals surface area contributed by atoms with Crippen molar-refractivity contribution in [2.45, 2.75) is 31.8 Å². The first-order valence-corrected chi connectivity index (χ1v) is 9.55. The number of rotatable bonds is 4. The van der Waals surface area contributed by atoms with Gasteiger partial charge in [-0.25, -0.2) is 4.79 Å². The van der Waals surface area contributed by atoms with Gasteiger partial charge in [-0.15, -0.1) is 0 Å². The van der Waals surface area contributed by atoms with Crippen molar-refractivity contribution in [1.82, 2.24) is 9.55 Å². The first-order valence-electron chi connectivity index (χ1n) is 8.08. The minimum absolute atomic E-state index is 0.180. The highest BCUT2D eigenvalue weighted by Crippen LogP contribution is 2.48. The molecule has 2 aliphatic heterocycles. The maximum atomic E-state index is 11.8. The molecule has 3 heterocycles. The fourth-order valence-corrected chi connectivity index (χ4v) is 4.10. The maximum Gasteiger partial charge on any atom is 0.397 e. The number of aromatic amines is 1. The van der Waals surface area contributed by atoms with Crippen molar-refractivity contribution >= 4 is 20.2 Å². The number of fused-ring (bicyclic) bond motifs is 1. The summed E-state index contributed by atoms with van der Waals surface area (Å²) in [6.07, 6.45) is 2.22. The fraction of sp³-hybridized carbons (Fsp3) is 0.375. The summed E-state index contributed by atoms with van der Waals surface area (Å²) < 4.78 is 24.2. The van der Waals surface area contributed by atoms with Crippen molar-refractivity contribution in [3.05, 3.63) is 61.9 Å². The Morgan fingerprint density at radius 2 is 2.19 bits per heavy atom. The lowest BCUT2D eigenvalue weighted by atomic mass is 10.2. The van der Waals surface area contributed by atoms with E-state index in [0.29, 0.717) is 30.4 Å². The van der Waals surface area contributed by atoms with Crippen LogP contribution in [0.5, 0.6) is 5.75 Å². The molecular weight excluding hydrogens is 383 g/mol. The molecule has 1 saturated heterocycles. The van der Waals surface area contributed by atoms with Gasteiger partial charge < -0.3 is 9.26 Å². The number of aromatic nitrogens is 2. The van der Waals surface area contributed by atoms with E-state index >= 15 is 0 Å². The Labute approximate surface area is 154 Å². The molecule has 3 unspecified atom stereocenters. The molecule has 0 saturated carbocycles. The number of H-pyrrole nitrogens is 1. The van der Waals surface area contributed by atoms with E-state index in [0.717, 1.165) is 12.0 Å². The third kappa shape index (κ3) is 3.84. The summed E-state index contributed by atoms with van der Waals surface area (Å²) in [5.41, 5.74) is -0.0303. The summed E-state index contributed by atoms with van der Waals surface area (Å²) in [7, 11) is -1.50. The lowest BCUT2D eigenvalue weighted by Gasteiger charge is -2.25. The lowest BCUT2D eigenvalue weighted by Crippen LogP contribution is -2.31. The van der Waals surface area contributed by atoms with Gasteiger partial charge in [-0.2, -0.15) is 0 Å². The molecule has 26 heavy (non-hydrogen) atoms. The first-order chi connectivity index (χ1) is 12.6. The summed E-state index contributed by atoms with van der Waals surface area (Å²) in [4.78, 5) is 25.2. The van der Waals surface area contributed by atoms with Gasteiger partial charge in [0.1, 0.15) is 12.0 Å². The van der Waals surface area contributed by atoms with Crippen LogP contribution in [0.3, 0.4) is 0 Å². The van der Waals surface area contributed by atoms with Gasteiger partial charge in [0.2, 0.25) is 0 Å². The van der Waals surface area contributed by atoms with E-state index in [1.807, 2.05) is 0 Å². The second kappa shape index (κ2) is 7.50. The molecule has 0 bridgehead atoms. The highest BCUT2D eigenvalue weighted by Gasteiger charge is 2.30. The third-order valence-corrected chi connectivity index (χ3v) is 5.41. The number of ether oxygens (including phenoxy) is 1. The van der Waals surface area contributed by atoms with Crippen molar-refractivity contribution in [3.8, 4) is 5.75 Å². The molecule has 10 heteroatoms. The second-order valence-corrected chi connectivity index (χ2v) is 7.53. The Morgan fingerprint density at radius 3 is 3.04 bits per heavy atom. The molecule has 0 spiro atoms. The zero-order valence-electron chi connectivity index (χ0n) is 13.6. The monoisotopic (exact) mass is 398 g/mol. The molecule has 2 aromatic rings. The predicted octanol–water partition coefficient (Wildman–Crippen LogP) is 2.72. The average molecular weight is 399 g/mol. The number of benzene rings is 1. The second-order valence-electron chi connectivity index (χ2n) is 5.94. The van der Waals surface area contributed by atoms with Crippen LogP contribution in [0.2, 0.25) is 5.02 Å². The summed E-state index contributed by atoms with van der Waals surface area (Å²) >= 11 is 5.95. The van der Waals surface area contributed by atoms with Gasteiger partial charge in [0.15, 0.2) is 0 Å². The molecule has 0 radical (unpaired) electrons. The van der Waals surface area contributed by atoms with Crippen LogP contribution in [0.4, 0.5) is 0 Å². The Bertz CT molecular complexity index is 916. The van der Waals surface area contributed by atoms with Gasteiger partial charge in [-0.05, 0) is 31.0 Å². The number of nitrogens with zero attached hydrogens (tertiary/aromatic N) is 1. The van der Waals surface area contributed by atoms with E-state index in [1.165, 1.54) is 16.8 Å². The molecule has 8 nitrogen and oxygen atoms in total. The Hall–Kier alpha value is -1.70. The van der Waals surface area contributed by atoms with E-state index in [-0.39, 0.29) is 6.10 Å². The average Bonchev–Trinajstić information content (AvgIpc) is 3.08. The Kier molecular flexibility index (Phi) is 5.11. The van der Waals surface area contributed by atoms with Crippen molar-refractivity contribution in [3.63, 3.8) is 0 Å². The smallest absolute Gasteiger partial charge is 0.397 e. The molecule has 1 fully saturated rings.